The molecule has 3 heteroatoms. The number of carbonyl (C=O) groups is 1. The van der Waals surface area contributed by atoms with E-state index in [1.165, 1.54) is 33.0 Å². The minimum atomic E-state index is -0.0658. The molecule has 0 aromatic rings. The normalized spacial score (nSPS) is 21.9. The van der Waals surface area contributed by atoms with Crippen LogP contribution in [-0.2, 0) is 9.53 Å². The summed E-state index contributed by atoms with van der Waals surface area (Å²) < 4.78 is 4.73. The fraction of sp³-hybridized carbons (Fsp3) is 0.909. The van der Waals surface area contributed by atoms with E-state index in [1.807, 2.05) is 6.92 Å². The number of nitrogens with zero attached hydrogens (tertiary/aromatic N) is 1. The lowest BCUT2D eigenvalue weighted by molar-refractivity contribution is -0.145. The Morgan fingerprint density at radius 2 is 2.07 bits per heavy atom. The topological polar surface area (TPSA) is 29.5 Å². The van der Waals surface area contributed by atoms with E-state index in [2.05, 4.69) is 11.9 Å². The monoisotopic (exact) mass is 199 g/mol. The summed E-state index contributed by atoms with van der Waals surface area (Å²) in [6, 6.07) is 0. The SMILES string of the molecule is COC(=O)C(C)CC1CCN(C)CC1. The highest BCUT2D eigenvalue weighted by molar-refractivity contribution is 5.71. The molecule has 0 radical (unpaired) electrons. The second kappa shape index (κ2) is 5.35. The van der Waals surface area contributed by atoms with Crippen molar-refractivity contribution >= 4 is 5.97 Å². The van der Waals surface area contributed by atoms with E-state index < -0.39 is 0 Å². The lowest BCUT2D eigenvalue weighted by Crippen LogP contribution is -2.31. The first-order valence-corrected chi connectivity index (χ1v) is 5.40. The Hall–Kier alpha value is -0.570. The molecule has 0 aromatic carbocycles. The standard InChI is InChI=1S/C11H21NO2/c1-9(11(13)14-3)8-10-4-6-12(2)7-5-10/h9-10H,4-8H2,1-3H3. The van der Waals surface area contributed by atoms with Crippen LogP contribution in [0.2, 0.25) is 0 Å². The summed E-state index contributed by atoms with van der Waals surface area (Å²) in [6.07, 6.45) is 3.43. The molecule has 0 aromatic heterocycles. The van der Waals surface area contributed by atoms with Crippen LogP contribution < -0.4 is 0 Å². The van der Waals surface area contributed by atoms with Gasteiger partial charge in [-0.25, -0.2) is 0 Å². The van der Waals surface area contributed by atoms with Gasteiger partial charge in [-0.05, 0) is 45.3 Å². The number of carbonyl (C=O) groups excluding carboxylic acids is 1. The summed E-state index contributed by atoms with van der Waals surface area (Å²) >= 11 is 0. The number of ether oxygens (including phenoxy) is 1. The van der Waals surface area contributed by atoms with Gasteiger partial charge in [-0.3, -0.25) is 4.79 Å². The maximum Gasteiger partial charge on any atom is 0.308 e. The average Bonchev–Trinajstić information content (AvgIpc) is 2.20. The van der Waals surface area contributed by atoms with E-state index >= 15 is 0 Å². The average molecular weight is 199 g/mol. The fourth-order valence-electron chi connectivity index (χ4n) is 2.10. The second-order valence-corrected chi connectivity index (χ2v) is 4.41. The van der Waals surface area contributed by atoms with Gasteiger partial charge < -0.3 is 9.64 Å². The molecule has 1 fully saturated rings. The van der Waals surface area contributed by atoms with Gasteiger partial charge in [0.1, 0.15) is 0 Å². The molecule has 0 aliphatic carbocycles. The summed E-state index contributed by atoms with van der Waals surface area (Å²) in [5.41, 5.74) is 0. The van der Waals surface area contributed by atoms with Gasteiger partial charge in [0.25, 0.3) is 0 Å². The molecule has 3 nitrogen and oxygen atoms in total. The molecule has 0 amide bonds. The maximum atomic E-state index is 11.2. The van der Waals surface area contributed by atoms with Gasteiger partial charge in [0.05, 0.1) is 13.0 Å². The second-order valence-electron chi connectivity index (χ2n) is 4.41. The molecule has 0 saturated carbocycles. The Labute approximate surface area is 86.4 Å². The van der Waals surface area contributed by atoms with Crippen LogP contribution in [0.1, 0.15) is 26.2 Å². The van der Waals surface area contributed by atoms with Crippen LogP contribution in [0.15, 0.2) is 0 Å². The van der Waals surface area contributed by atoms with Gasteiger partial charge in [0, 0.05) is 0 Å². The molecule has 1 unspecified atom stereocenters. The number of hydrogen-bond acceptors (Lipinski definition) is 3. The van der Waals surface area contributed by atoms with Crippen molar-refractivity contribution < 1.29 is 9.53 Å². The van der Waals surface area contributed by atoms with E-state index in [-0.39, 0.29) is 11.9 Å². The molecular weight excluding hydrogens is 178 g/mol. The third-order valence-corrected chi connectivity index (χ3v) is 3.13. The molecule has 1 aliphatic heterocycles. The maximum absolute atomic E-state index is 11.2. The van der Waals surface area contributed by atoms with Crippen LogP contribution in [-0.4, -0.2) is 38.1 Å². The van der Waals surface area contributed by atoms with Gasteiger partial charge in [0.15, 0.2) is 0 Å². The van der Waals surface area contributed by atoms with Crippen LogP contribution in [0.4, 0.5) is 0 Å². The fourth-order valence-corrected chi connectivity index (χ4v) is 2.10. The highest BCUT2D eigenvalue weighted by atomic mass is 16.5. The summed E-state index contributed by atoms with van der Waals surface area (Å²) in [7, 11) is 3.62. The lowest BCUT2D eigenvalue weighted by atomic mass is 9.88. The van der Waals surface area contributed by atoms with Crippen molar-refractivity contribution in [1.29, 1.82) is 0 Å². The number of likely N-dealkylation sites (tertiary alicyclic amines) is 1. The summed E-state index contributed by atoms with van der Waals surface area (Å²) in [5, 5.41) is 0. The summed E-state index contributed by atoms with van der Waals surface area (Å²) in [4.78, 5) is 13.6. The first-order valence-electron chi connectivity index (χ1n) is 5.40. The van der Waals surface area contributed by atoms with Crippen molar-refractivity contribution in [1.82, 2.24) is 4.90 Å². The van der Waals surface area contributed by atoms with Gasteiger partial charge in [-0.1, -0.05) is 6.92 Å². The molecule has 0 bridgehead atoms. The van der Waals surface area contributed by atoms with E-state index in [4.69, 9.17) is 4.74 Å². The predicted octanol–water partition coefficient (Wildman–Crippen LogP) is 1.53. The van der Waals surface area contributed by atoms with Gasteiger partial charge in [-0.15, -0.1) is 0 Å². The highest BCUT2D eigenvalue weighted by Gasteiger charge is 2.22. The molecule has 1 aliphatic rings. The van der Waals surface area contributed by atoms with E-state index in [1.54, 1.807) is 0 Å². The Balaban J connectivity index is 2.27. The van der Waals surface area contributed by atoms with Crippen molar-refractivity contribution in [2.24, 2.45) is 11.8 Å². The molecular formula is C11H21NO2. The van der Waals surface area contributed by atoms with E-state index in [0.717, 1.165) is 6.42 Å². The molecule has 1 heterocycles. The largest absolute Gasteiger partial charge is 0.469 e. The Kier molecular flexibility index (Phi) is 4.39. The number of hydrogen-bond donors (Lipinski definition) is 0. The molecule has 1 saturated heterocycles. The number of piperidine rings is 1. The van der Waals surface area contributed by atoms with Crippen molar-refractivity contribution in [3.05, 3.63) is 0 Å². The molecule has 1 rings (SSSR count). The Morgan fingerprint density at radius 1 is 1.50 bits per heavy atom. The lowest BCUT2D eigenvalue weighted by Gasteiger charge is -2.29. The van der Waals surface area contributed by atoms with Gasteiger partial charge in [0.2, 0.25) is 0 Å². The van der Waals surface area contributed by atoms with Crippen LogP contribution in [0.25, 0.3) is 0 Å². The van der Waals surface area contributed by atoms with Crippen molar-refractivity contribution in [2.45, 2.75) is 26.2 Å². The van der Waals surface area contributed by atoms with Crippen molar-refractivity contribution in [3.8, 4) is 0 Å². The van der Waals surface area contributed by atoms with Gasteiger partial charge >= 0.3 is 5.97 Å². The quantitative estimate of drug-likeness (QED) is 0.646. The molecule has 0 spiro atoms. The minimum Gasteiger partial charge on any atom is -0.469 e. The molecule has 0 N–H and O–H groups in total. The smallest absolute Gasteiger partial charge is 0.308 e. The number of rotatable bonds is 3. The van der Waals surface area contributed by atoms with E-state index in [0.29, 0.717) is 5.92 Å². The van der Waals surface area contributed by atoms with Crippen molar-refractivity contribution in [3.63, 3.8) is 0 Å². The van der Waals surface area contributed by atoms with Gasteiger partial charge in [-0.2, -0.15) is 0 Å². The third kappa shape index (κ3) is 3.29. The zero-order chi connectivity index (χ0) is 10.6. The Bertz CT molecular complexity index is 186. The summed E-state index contributed by atoms with van der Waals surface area (Å²) in [6.45, 7) is 4.29. The predicted molar refractivity (Wildman–Crippen MR) is 56.0 cm³/mol. The third-order valence-electron chi connectivity index (χ3n) is 3.13. The van der Waals surface area contributed by atoms with Crippen LogP contribution in [0.5, 0.6) is 0 Å². The van der Waals surface area contributed by atoms with Crippen LogP contribution >= 0.6 is 0 Å². The van der Waals surface area contributed by atoms with Crippen LogP contribution in [0, 0.1) is 11.8 Å². The minimum absolute atomic E-state index is 0.0633. The highest BCUT2D eigenvalue weighted by Crippen LogP contribution is 2.23. The Morgan fingerprint density at radius 3 is 2.57 bits per heavy atom. The van der Waals surface area contributed by atoms with Crippen LogP contribution in [0.3, 0.4) is 0 Å². The number of methoxy groups -OCH3 is 1. The zero-order valence-electron chi connectivity index (χ0n) is 9.45. The summed E-state index contributed by atoms with van der Waals surface area (Å²) in [5.74, 6) is 0.706. The molecule has 82 valence electrons. The first kappa shape index (κ1) is 11.5. The zero-order valence-corrected chi connectivity index (χ0v) is 9.45. The molecule has 14 heavy (non-hydrogen) atoms. The number of esters is 1. The van der Waals surface area contributed by atoms with Crippen molar-refractivity contribution in [2.75, 3.05) is 27.2 Å². The first-order chi connectivity index (χ1) is 6.63. The van der Waals surface area contributed by atoms with E-state index in [9.17, 15) is 4.79 Å². The molecule has 1 atom stereocenters.